The number of nitrogens with one attached hydrogen (secondary N) is 1. The Morgan fingerprint density at radius 3 is 2.56 bits per heavy atom. The van der Waals surface area contributed by atoms with Crippen molar-refractivity contribution in [2.75, 3.05) is 5.32 Å². The second-order valence-electron chi connectivity index (χ2n) is 5.52. The number of carbonyl (C=O) groups excluding carboxylic acids is 2. The van der Waals surface area contributed by atoms with Crippen LogP contribution in [0.15, 0.2) is 60.8 Å². The zero-order chi connectivity index (χ0) is 17.8. The molecule has 0 saturated carbocycles. The fourth-order valence-electron chi connectivity index (χ4n) is 2.57. The number of anilines is 1. The van der Waals surface area contributed by atoms with E-state index in [9.17, 15) is 14.0 Å². The maximum atomic E-state index is 14.0. The summed E-state index contributed by atoms with van der Waals surface area (Å²) in [6.07, 6.45) is 1.64. The van der Waals surface area contributed by atoms with E-state index in [1.54, 1.807) is 6.07 Å². The van der Waals surface area contributed by atoms with Gasteiger partial charge in [0.2, 0.25) is 0 Å². The molecule has 3 rings (SSSR count). The number of hydrogen-bond acceptors (Lipinski definition) is 3. The molecule has 3 aromatic rings. The number of hydrogen-bond donors (Lipinski definition) is 1. The molecule has 0 aliphatic rings. The molecular weight excluding hydrogens is 319 g/mol. The monoisotopic (exact) mass is 334 g/mol. The van der Waals surface area contributed by atoms with Crippen molar-refractivity contribution in [3.8, 4) is 11.1 Å². The zero-order valence-corrected chi connectivity index (χ0v) is 13.5. The van der Waals surface area contributed by atoms with Crippen molar-refractivity contribution in [2.24, 2.45) is 0 Å². The normalized spacial score (nSPS) is 10.3. The lowest BCUT2D eigenvalue weighted by Crippen LogP contribution is -2.16. The molecule has 1 aromatic heterocycles. The maximum absolute atomic E-state index is 14.0. The average Bonchev–Trinajstić information content (AvgIpc) is 2.64. The van der Waals surface area contributed by atoms with E-state index in [0.29, 0.717) is 12.0 Å². The van der Waals surface area contributed by atoms with Crippen LogP contribution in [0.1, 0.15) is 26.4 Å². The van der Waals surface area contributed by atoms with E-state index in [1.807, 2.05) is 49.4 Å². The van der Waals surface area contributed by atoms with Crippen LogP contribution in [0, 0.1) is 12.7 Å². The summed E-state index contributed by atoms with van der Waals surface area (Å²) in [5, 5.41) is 2.69. The molecule has 1 N–H and O–H groups in total. The van der Waals surface area contributed by atoms with Gasteiger partial charge in [-0.1, -0.05) is 42.5 Å². The van der Waals surface area contributed by atoms with Crippen LogP contribution >= 0.6 is 0 Å². The van der Waals surface area contributed by atoms with Crippen molar-refractivity contribution >= 4 is 17.9 Å². The Bertz CT molecular complexity index is 940. The number of benzene rings is 2. The van der Waals surface area contributed by atoms with Gasteiger partial charge in [-0.15, -0.1) is 0 Å². The fourth-order valence-corrected chi connectivity index (χ4v) is 2.57. The lowest BCUT2D eigenvalue weighted by molar-refractivity contribution is 0.101. The lowest BCUT2D eigenvalue weighted by atomic mass is 9.99. The number of amides is 1. The van der Waals surface area contributed by atoms with Gasteiger partial charge in [0.25, 0.3) is 5.91 Å². The topological polar surface area (TPSA) is 59.1 Å². The number of aldehydes is 1. The van der Waals surface area contributed by atoms with E-state index in [2.05, 4.69) is 10.3 Å². The molecule has 124 valence electrons. The van der Waals surface area contributed by atoms with Crippen molar-refractivity contribution in [2.45, 2.75) is 6.92 Å². The molecular formula is C20H15FN2O2. The highest BCUT2D eigenvalue weighted by Gasteiger charge is 2.16. The third-order valence-corrected chi connectivity index (χ3v) is 3.88. The Kier molecular flexibility index (Phi) is 4.66. The van der Waals surface area contributed by atoms with Gasteiger partial charge in [0.15, 0.2) is 17.8 Å². The Morgan fingerprint density at radius 1 is 1.12 bits per heavy atom. The van der Waals surface area contributed by atoms with Crippen molar-refractivity contribution in [3.05, 3.63) is 83.4 Å². The molecule has 1 amide bonds. The van der Waals surface area contributed by atoms with Gasteiger partial charge in [0.05, 0.1) is 0 Å². The maximum Gasteiger partial charge on any atom is 0.277 e. The van der Waals surface area contributed by atoms with Gasteiger partial charge in [0.1, 0.15) is 0 Å². The second kappa shape index (κ2) is 7.05. The summed E-state index contributed by atoms with van der Waals surface area (Å²) < 4.78 is 14.0. The van der Waals surface area contributed by atoms with E-state index >= 15 is 0 Å². The van der Waals surface area contributed by atoms with E-state index in [4.69, 9.17) is 0 Å². The van der Waals surface area contributed by atoms with Gasteiger partial charge in [0, 0.05) is 17.4 Å². The molecule has 0 aliphatic heterocycles. The molecule has 0 unspecified atom stereocenters. The summed E-state index contributed by atoms with van der Waals surface area (Å²) in [5.41, 5.74) is 3.17. The van der Waals surface area contributed by atoms with Crippen LogP contribution < -0.4 is 5.32 Å². The van der Waals surface area contributed by atoms with Crippen LogP contribution in [0.25, 0.3) is 11.1 Å². The highest BCUT2D eigenvalue weighted by molar-refractivity contribution is 6.04. The minimum absolute atomic E-state index is 0.0799. The summed E-state index contributed by atoms with van der Waals surface area (Å²) in [4.78, 5) is 26.7. The largest absolute Gasteiger partial charge is 0.320 e. The SMILES string of the molecule is Cc1c(NC(=O)c2ncc(C=O)cc2F)cccc1-c1ccccc1. The van der Waals surface area contributed by atoms with Crippen molar-refractivity contribution < 1.29 is 14.0 Å². The van der Waals surface area contributed by atoms with Gasteiger partial charge >= 0.3 is 0 Å². The second-order valence-corrected chi connectivity index (χ2v) is 5.52. The fraction of sp³-hybridized carbons (Fsp3) is 0.0500. The number of rotatable bonds is 4. The van der Waals surface area contributed by atoms with Crippen molar-refractivity contribution in [3.63, 3.8) is 0 Å². The van der Waals surface area contributed by atoms with Gasteiger partial charge < -0.3 is 5.32 Å². The Balaban J connectivity index is 1.91. The van der Waals surface area contributed by atoms with Crippen molar-refractivity contribution in [1.29, 1.82) is 0 Å². The summed E-state index contributed by atoms with van der Waals surface area (Å²) in [6.45, 7) is 1.89. The van der Waals surface area contributed by atoms with Crippen LogP contribution in [0.5, 0.6) is 0 Å². The molecule has 2 aromatic carbocycles. The Labute approximate surface area is 144 Å². The lowest BCUT2D eigenvalue weighted by Gasteiger charge is -2.13. The third kappa shape index (κ3) is 3.45. The zero-order valence-electron chi connectivity index (χ0n) is 13.5. The van der Waals surface area contributed by atoms with E-state index in [-0.39, 0.29) is 11.3 Å². The Hall–Kier alpha value is -3.34. The van der Waals surface area contributed by atoms with Gasteiger partial charge in [-0.25, -0.2) is 9.37 Å². The number of aromatic nitrogens is 1. The molecule has 1 heterocycles. The van der Waals surface area contributed by atoms with Crippen LogP contribution in [-0.2, 0) is 0 Å². The molecule has 0 aliphatic carbocycles. The van der Waals surface area contributed by atoms with Crippen LogP contribution in [0.4, 0.5) is 10.1 Å². The van der Waals surface area contributed by atoms with Crippen LogP contribution in [-0.4, -0.2) is 17.2 Å². The summed E-state index contributed by atoms with van der Waals surface area (Å²) in [6, 6.07) is 16.3. The summed E-state index contributed by atoms with van der Waals surface area (Å²) >= 11 is 0. The first kappa shape index (κ1) is 16.5. The Morgan fingerprint density at radius 2 is 1.88 bits per heavy atom. The molecule has 0 spiro atoms. The standard InChI is InChI=1S/C20H15FN2O2/c1-13-16(15-6-3-2-4-7-15)8-5-9-18(13)23-20(25)19-17(21)10-14(12-24)11-22-19/h2-12H,1H3,(H,23,25). The van der Waals surface area contributed by atoms with Crippen LogP contribution in [0.2, 0.25) is 0 Å². The summed E-state index contributed by atoms with van der Waals surface area (Å²) in [7, 11) is 0. The minimum Gasteiger partial charge on any atom is -0.320 e. The smallest absolute Gasteiger partial charge is 0.277 e. The highest BCUT2D eigenvalue weighted by atomic mass is 19.1. The van der Waals surface area contributed by atoms with Crippen LogP contribution in [0.3, 0.4) is 0 Å². The first-order valence-electron chi connectivity index (χ1n) is 7.67. The first-order chi connectivity index (χ1) is 12.1. The minimum atomic E-state index is -0.834. The van der Waals surface area contributed by atoms with E-state index in [0.717, 1.165) is 29.0 Å². The number of halogens is 1. The number of nitrogens with zero attached hydrogens (tertiary/aromatic N) is 1. The number of carbonyl (C=O) groups is 2. The average molecular weight is 334 g/mol. The van der Waals surface area contributed by atoms with Crippen molar-refractivity contribution in [1.82, 2.24) is 4.98 Å². The first-order valence-corrected chi connectivity index (χ1v) is 7.67. The predicted molar refractivity (Wildman–Crippen MR) is 94.2 cm³/mol. The number of pyridine rings is 1. The molecule has 4 nitrogen and oxygen atoms in total. The highest BCUT2D eigenvalue weighted by Crippen LogP contribution is 2.28. The van der Waals surface area contributed by atoms with Gasteiger partial charge in [-0.3, -0.25) is 9.59 Å². The third-order valence-electron chi connectivity index (χ3n) is 3.88. The van der Waals surface area contributed by atoms with Gasteiger partial charge in [-0.05, 0) is 35.7 Å². The molecule has 0 saturated heterocycles. The molecule has 0 fully saturated rings. The predicted octanol–water partition coefficient (Wildman–Crippen LogP) is 4.26. The molecule has 25 heavy (non-hydrogen) atoms. The van der Waals surface area contributed by atoms with E-state index < -0.39 is 11.7 Å². The molecule has 5 heteroatoms. The molecule has 0 atom stereocenters. The van der Waals surface area contributed by atoms with E-state index in [1.165, 1.54) is 0 Å². The molecule has 0 bridgehead atoms. The molecule has 0 radical (unpaired) electrons. The summed E-state index contributed by atoms with van der Waals surface area (Å²) in [5.74, 6) is -1.50. The van der Waals surface area contributed by atoms with Gasteiger partial charge in [-0.2, -0.15) is 0 Å². The quantitative estimate of drug-likeness (QED) is 0.725.